The first-order valence-corrected chi connectivity index (χ1v) is 12.7. The fourth-order valence-electron chi connectivity index (χ4n) is 4.32. The van der Waals surface area contributed by atoms with Crippen molar-refractivity contribution in [3.05, 3.63) is 47.1 Å². The standard InChI is InChI=1S/C25H32ClN5O8/c1-12(33)20-24(38)28-16(11-32)22(36)27-15(14-6-4-3-5-7-14)10-19(35)29-21(13(2)34)25(39)31-17(23(37)30-20)8-9-18(31)26/h3-7,9,12-13,15-17,20-21,32-34H,8,10-11H2,1-2H3,(H,27,36)(H,28,38)(H,29,35)(H,30,37). The van der Waals surface area contributed by atoms with E-state index in [1.165, 1.54) is 19.9 Å². The number of benzene rings is 1. The molecule has 0 aromatic heterocycles. The number of nitrogens with one attached hydrogen (secondary N) is 4. The van der Waals surface area contributed by atoms with Crippen molar-refractivity contribution in [3.8, 4) is 0 Å². The first kappa shape index (κ1) is 30.0. The molecule has 0 bridgehead atoms. The highest BCUT2D eigenvalue weighted by Crippen LogP contribution is 2.27. The van der Waals surface area contributed by atoms with Crippen LogP contribution in [0.15, 0.2) is 41.6 Å². The number of amides is 5. The predicted molar refractivity (Wildman–Crippen MR) is 137 cm³/mol. The number of hydrogen-bond donors (Lipinski definition) is 7. The molecule has 0 radical (unpaired) electrons. The quantitative estimate of drug-likeness (QED) is 0.206. The summed E-state index contributed by atoms with van der Waals surface area (Å²) in [5.41, 5.74) is 0.518. The van der Waals surface area contributed by atoms with Gasteiger partial charge in [-0.15, -0.1) is 0 Å². The van der Waals surface area contributed by atoms with E-state index in [1.807, 2.05) is 0 Å². The van der Waals surface area contributed by atoms with E-state index in [1.54, 1.807) is 30.3 Å². The second-order valence-corrected chi connectivity index (χ2v) is 9.81. The molecule has 13 nitrogen and oxygen atoms in total. The summed E-state index contributed by atoms with van der Waals surface area (Å²) in [6.45, 7) is 1.70. The third-order valence-electron chi connectivity index (χ3n) is 6.44. The topological polar surface area (TPSA) is 197 Å². The van der Waals surface area contributed by atoms with Crippen LogP contribution >= 0.6 is 11.6 Å². The van der Waals surface area contributed by atoms with Crippen LogP contribution in [0, 0.1) is 0 Å². The van der Waals surface area contributed by atoms with E-state index >= 15 is 0 Å². The van der Waals surface area contributed by atoms with Crippen LogP contribution in [0.5, 0.6) is 0 Å². The molecule has 5 amide bonds. The Balaban J connectivity index is 2.04. The summed E-state index contributed by atoms with van der Waals surface area (Å²) in [5, 5.41) is 40.0. The maximum absolute atomic E-state index is 13.4. The predicted octanol–water partition coefficient (Wildman–Crippen LogP) is -1.86. The molecular formula is C25H32ClN5O8. The van der Waals surface area contributed by atoms with Crippen LogP contribution in [0.25, 0.3) is 0 Å². The number of hydrogen-bond acceptors (Lipinski definition) is 8. The lowest BCUT2D eigenvalue weighted by molar-refractivity contribution is -0.143. The molecule has 14 heteroatoms. The van der Waals surface area contributed by atoms with Crippen molar-refractivity contribution in [2.75, 3.05) is 6.61 Å². The number of fused-ring (bicyclic) bond motifs is 1. The molecule has 2 heterocycles. The molecule has 0 aliphatic carbocycles. The molecule has 3 rings (SSSR count). The lowest BCUT2D eigenvalue weighted by atomic mass is 10.0. The Morgan fingerprint density at radius 2 is 1.54 bits per heavy atom. The lowest BCUT2D eigenvalue weighted by Crippen LogP contribution is -2.62. The van der Waals surface area contributed by atoms with Gasteiger partial charge >= 0.3 is 0 Å². The molecule has 2 aliphatic heterocycles. The van der Waals surface area contributed by atoms with Gasteiger partial charge in [-0.3, -0.25) is 28.9 Å². The molecule has 1 saturated heterocycles. The van der Waals surface area contributed by atoms with Crippen LogP contribution in [0.4, 0.5) is 0 Å². The van der Waals surface area contributed by atoms with Crippen LogP contribution in [0.2, 0.25) is 0 Å². The lowest BCUT2D eigenvalue weighted by Gasteiger charge is -2.32. The molecule has 0 saturated carbocycles. The second kappa shape index (κ2) is 13.0. The normalized spacial score (nSPS) is 28.9. The summed E-state index contributed by atoms with van der Waals surface area (Å²) >= 11 is 6.22. The monoisotopic (exact) mass is 565 g/mol. The summed E-state index contributed by atoms with van der Waals surface area (Å²) in [4.78, 5) is 66.6. The van der Waals surface area contributed by atoms with Crippen molar-refractivity contribution in [2.24, 2.45) is 0 Å². The zero-order chi connectivity index (χ0) is 28.9. The van der Waals surface area contributed by atoms with Gasteiger partial charge in [0.25, 0.3) is 5.91 Å². The van der Waals surface area contributed by atoms with E-state index in [0.29, 0.717) is 5.56 Å². The molecule has 0 spiro atoms. The Labute approximate surface area is 229 Å². The van der Waals surface area contributed by atoms with Crippen LogP contribution < -0.4 is 21.3 Å². The fraction of sp³-hybridized carbons (Fsp3) is 0.480. The molecule has 2 aliphatic rings. The van der Waals surface area contributed by atoms with Crippen molar-refractivity contribution < 1.29 is 39.3 Å². The fourth-order valence-corrected chi connectivity index (χ4v) is 4.61. The molecule has 39 heavy (non-hydrogen) atoms. The first-order chi connectivity index (χ1) is 18.4. The summed E-state index contributed by atoms with van der Waals surface area (Å²) in [5.74, 6) is -4.24. The largest absolute Gasteiger partial charge is 0.394 e. The minimum atomic E-state index is -1.55. The summed E-state index contributed by atoms with van der Waals surface area (Å²) in [6.07, 6.45) is -1.84. The van der Waals surface area contributed by atoms with Gasteiger partial charge < -0.3 is 36.6 Å². The number of carbonyl (C=O) groups is 5. The van der Waals surface area contributed by atoms with Crippen LogP contribution in [-0.4, -0.2) is 92.7 Å². The molecular weight excluding hydrogens is 534 g/mol. The number of aliphatic hydroxyl groups excluding tert-OH is 3. The SMILES string of the molecule is CC(O)C1NC(=O)C2CC=C(Cl)N2C(=O)C(C(C)O)NC(=O)CC(c2ccccc2)NC(=O)C(CO)NC1=O. The van der Waals surface area contributed by atoms with E-state index in [4.69, 9.17) is 11.6 Å². The molecule has 212 valence electrons. The number of aliphatic hydroxyl groups is 3. The van der Waals surface area contributed by atoms with Crippen molar-refractivity contribution in [1.82, 2.24) is 26.2 Å². The highest BCUT2D eigenvalue weighted by molar-refractivity contribution is 6.31. The zero-order valence-electron chi connectivity index (χ0n) is 21.3. The maximum atomic E-state index is 13.4. The van der Waals surface area contributed by atoms with Gasteiger partial charge in [-0.1, -0.05) is 41.9 Å². The van der Waals surface area contributed by atoms with Gasteiger partial charge in [-0.05, 0) is 31.9 Å². The van der Waals surface area contributed by atoms with Gasteiger partial charge in [0.1, 0.15) is 29.3 Å². The number of nitrogens with zero attached hydrogens (tertiary/aromatic N) is 1. The third kappa shape index (κ3) is 7.12. The van der Waals surface area contributed by atoms with E-state index < -0.39 is 78.6 Å². The van der Waals surface area contributed by atoms with Gasteiger partial charge in [0.15, 0.2) is 0 Å². The first-order valence-electron chi connectivity index (χ1n) is 12.4. The molecule has 1 fully saturated rings. The Hall–Kier alpha value is -3.52. The zero-order valence-corrected chi connectivity index (χ0v) is 22.1. The van der Waals surface area contributed by atoms with Gasteiger partial charge in [0, 0.05) is 0 Å². The van der Waals surface area contributed by atoms with Crippen molar-refractivity contribution in [3.63, 3.8) is 0 Å². The summed E-state index contributed by atoms with van der Waals surface area (Å²) in [6, 6.07) is 1.66. The van der Waals surface area contributed by atoms with E-state index in [9.17, 15) is 39.3 Å². The molecule has 7 N–H and O–H groups in total. The van der Waals surface area contributed by atoms with E-state index in [0.717, 1.165) is 4.90 Å². The number of rotatable bonds is 4. The third-order valence-corrected chi connectivity index (χ3v) is 6.78. The highest BCUT2D eigenvalue weighted by atomic mass is 35.5. The van der Waals surface area contributed by atoms with Gasteiger partial charge in [0.2, 0.25) is 23.6 Å². The maximum Gasteiger partial charge on any atom is 0.253 e. The van der Waals surface area contributed by atoms with Gasteiger partial charge in [-0.25, -0.2) is 0 Å². The van der Waals surface area contributed by atoms with Gasteiger partial charge in [-0.2, -0.15) is 0 Å². The Kier molecular flexibility index (Phi) is 10.0. The van der Waals surface area contributed by atoms with Crippen molar-refractivity contribution in [1.29, 1.82) is 0 Å². The number of carbonyl (C=O) groups excluding carboxylic acids is 5. The Morgan fingerprint density at radius 3 is 2.13 bits per heavy atom. The highest BCUT2D eigenvalue weighted by Gasteiger charge is 2.42. The van der Waals surface area contributed by atoms with Crippen LogP contribution in [0.3, 0.4) is 0 Å². The van der Waals surface area contributed by atoms with E-state index in [-0.39, 0.29) is 18.0 Å². The molecule has 7 atom stereocenters. The Bertz CT molecular complexity index is 1130. The average molecular weight is 566 g/mol. The van der Waals surface area contributed by atoms with Crippen molar-refractivity contribution in [2.45, 2.75) is 69.1 Å². The number of halogens is 1. The van der Waals surface area contributed by atoms with Crippen molar-refractivity contribution >= 4 is 41.1 Å². The van der Waals surface area contributed by atoms with E-state index in [2.05, 4.69) is 21.3 Å². The Morgan fingerprint density at radius 1 is 0.897 bits per heavy atom. The smallest absolute Gasteiger partial charge is 0.253 e. The average Bonchev–Trinajstić information content (AvgIpc) is 3.28. The molecule has 1 aromatic carbocycles. The summed E-state index contributed by atoms with van der Waals surface area (Å²) in [7, 11) is 0. The molecule has 1 aromatic rings. The van der Waals surface area contributed by atoms with Gasteiger partial charge in [0.05, 0.1) is 31.3 Å². The minimum absolute atomic E-state index is 0.0389. The van der Waals surface area contributed by atoms with Crippen LogP contribution in [0.1, 0.15) is 38.3 Å². The second-order valence-electron chi connectivity index (χ2n) is 9.42. The molecule has 7 unspecified atom stereocenters. The summed E-state index contributed by atoms with van der Waals surface area (Å²) < 4.78 is 0. The van der Waals surface area contributed by atoms with Crippen LogP contribution in [-0.2, 0) is 24.0 Å². The minimum Gasteiger partial charge on any atom is -0.394 e.